The number of unbranched alkanes of at least 4 members (excludes halogenated alkanes) is 1. The number of alkyl carbamates (subject to hydrolysis) is 1. The third-order valence-corrected chi connectivity index (χ3v) is 5.38. The molecule has 1 rings (SSSR count). The summed E-state index contributed by atoms with van der Waals surface area (Å²) in [5.41, 5.74) is 0.289. The van der Waals surface area contributed by atoms with E-state index < -0.39 is 29.3 Å². The number of nitrogens with one attached hydrogen (secondary N) is 2. The van der Waals surface area contributed by atoms with Crippen LogP contribution in [0.3, 0.4) is 0 Å². The van der Waals surface area contributed by atoms with Crippen molar-refractivity contribution in [3.63, 3.8) is 0 Å². The number of carbonyl (C=O) groups is 3. The van der Waals surface area contributed by atoms with E-state index in [4.69, 9.17) is 4.74 Å². The van der Waals surface area contributed by atoms with Crippen LogP contribution in [0.2, 0.25) is 0 Å². The van der Waals surface area contributed by atoms with Gasteiger partial charge < -0.3 is 20.3 Å². The minimum atomic E-state index is -0.857. The molecule has 34 heavy (non-hydrogen) atoms. The summed E-state index contributed by atoms with van der Waals surface area (Å²) >= 11 is 0. The molecule has 1 aromatic rings. The number of carbonyl (C=O) groups excluding carboxylic acids is 3. The van der Waals surface area contributed by atoms with E-state index >= 15 is 0 Å². The Kier molecular flexibility index (Phi) is 10.6. The number of benzene rings is 1. The smallest absolute Gasteiger partial charge is 0.408 e. The predicted octanol–water partition coefficient (Wildman–Crippen LogP) is 5.13. The van der Waals surface area contributed by atoms with Crippen LogP contribution in [-0.4, -0.2) is 46.5 Å². The second-order valence-corrected chi connectivity index (χ2v) is 11.2. The van der Waals surface area contributed by atoms with Gasteiger partial charge in [0.1, 0.15) is 17.7 Å². The maximum atomic E-state index is 14.1. The summed E-state index contributed by atoms with van der Waals surface area (Å²) in [6.07, 6.45) is 1.14. The lowest BCUT2D eigenvalue weighted by Crippen LogP contribution is -2.60. The molecule has 0 aliphatic heterocycles. The molecule has 0 saturated heterocycles. The quantitative estimate of drug-likeness (QED) is 0.485. The highest BCUT2D eigenvalue weighted by atomic mass is 16.6. The molecule has 0 bridgehead atoms. The van der Waals surface area contributed by atoms with Crippen molar-refractivity contribution in [1.82, 2.24) is 15.5 Å². The molecule has 7 nitrogen and oxygen atoms in total. The first kappa shape index (κ1) is 29.5. The molecule has 1 aromatic carbocycles. The number of aryl methyl sites for hydroxylation is 1. The van der Waals surface area contributed by atoms with Crippen molar-refractivity contribution in [2.24, 2.45) is 5.92 Å². The first-order valence-electron chi connectivity index (χ1n) is 12.3. The molecule has 2 unspecified atom stereocenters. The van der Waals surface area contributed by atoms with Crippen LogP contribution in [0, 0.1) is 12.8 Å². The third-order valence-electron chi connectivity index (χ3n) is 5.38. The highest BCUT2D eigenvalue weighted by molar-refractivity contribution is 5.93. The zero-order valence-corrected chi connectivity index (χ0v) is 22.7. The topological polar surface area (TPSA) is 87.7 Å². The normalized spacial score (nSPS) is 13.7. The maximum absolute atomic E-state index is 14.1. The van der Waals surface area contributed by atoms with Gasteiger partial charge in [0.25, 0.3) is 0 Å². The second kappa shape index (κ2) is 12.2. The Morgan fingerprint density at radius 1 is 1.03 bits per heavy atom. The van der Waals surface area contributed by atoms with E-state index in [1.807, 2.05) is 65.8 Å². The van der Waals surface area contributed by atoms with Crippen LogP contribution in [0.15, 0.2) is 24.3 Å². The fourth-order valence-corrected chi connectivity index (χ4v) is 3.72. The predicted molar refractivity (Wildman–Crippen MR) is 136 cm³/mol. The van der Waals surface area contributed by atoms with Gasteiger partial charge in [-0.15, -0.1) is 0 Å². The van der Waals surface area contributed by atoms with Crippen molar-refractivity contribution in [3.05, 3.63) is 35.4 Å². The number of amides is 3. The van der Waals surface area contributed by atoms with Gasteiger partial charge >= 0.3 is 6.09 Å². The van der Waals surface area contributed by atoms with E-state index in [1.165, 1.54) is 0 Å². The lowest BCUT2D eigenvalue weighted by atomic mass is 9.91. The summed E-state index contributed by atoms with van der Waals surface area (Å²) in [6, 6.07) is 5.91. The molecule has 2 N–H and O–H groups in total. The van der Waals surface area contributed by atoms with Gasteiger partial charge in [0.05, 0.1) is 0 Å². The number of nitrogens with zero attached hydrogens (tertiary/aromatic N) is 1. The summed E-state index contributed by atoms with van der Waals surface area (Å²) in [4.78, 5) is 41.8. The molecule has 192 valence electrons. The summed E-state index contributed by atoms with van der Waals surface area (Å²) in [5, 5.41) is 5.77. The lowest BCUT2D eigenvalue weighted by Gasteiger charge is -2.44. The molecule has 7 heteroatoms. The van der Waals surface area contributed by atoms with E-state index in [2.05, 4.69) is 17.6 Å². The van der Waals surface area contributed by atoms with Gasteiger partial charge in [0.2, 0.25) is 11.8 Å². The van der Waals surface area contributed by atoms with E-state index in [0.717, 1.165) is 24.0 Å². The standard InChI is InChI=1S/C27H45N3O4/c1-11-12-17-28-23(31)22(20-16-14-13-15-19(20)4)30(26(5,6)7)24(32)21(18(2)3)29-25(33)34-27(8,9)10/h13-16,18,21-22H,11-12,17H2,1-10H3,(H,28,31)(H,29,33). The second-order valence-electron chi connectivity index (χ2n) is 11.2. The molecule has 0 saturated carbocycles. The van der Waals surface area contributed by atoms with Gasteiger partial charge in [-0.3, -0.25) is 9.59 Å². The molecule has 0 spiro atoms. The zero-order valence-electron chi connectivity index (χ0n) is 22.7. The molecule has 0 heterocycles. The molecule has 0 radical (unpaired) electrons. The van der Waals surface area contributed by atoms with Crippen LogP contribution >= 0.6 is 0 Å². The first-order chi connectivity index (χ1) is 15.6. The average molecular weight is 476 g/mol. The maximum Gasteiger partial charge on any atom is 0.408 e. The summed E-state index contributed by atoms with van der Waals surface area (Å²) < 4.78 is 5.41. The fourth-order valence-electron chi connectivity index (χ4n) is 3.72. The Labute approximate surface area is 206 Å². The molecule has 2 atom stereocenters. The van der Waals surface area contributed by atoms with Crippen molar-refractivity contribution >= 4 is 17.9 Å². The molecular formula is C27H45N3O4. The Morgan fingerprint density at radius 2 is 1.62 bits per heavy atom. The van der Waals surface area contributed by atoms with E-state index in [0.29, 0.717) is 6.54 Å². The van der Waals surface area contributed by atoms with Crippen LogP contribution in [-0.2, 0) is 14.3 Å². The highest BCUT2D eigenvalue weighted by Gasteiger charge is 2.43. The van der Waals surface area contributed by atoms with Crippen molar-refractivity contribution in [2.75, 3.05) is 6.54 Å². The molecule has 3 amide bonds. The molecular weight excluding hydrogens is 430 g/mol. The number of ether oxygens (including phenoxy) is 1. The first-order valence-corrected chi connectivity index (χ1v) is 12.3. The Bertz CT molecular complexity index is 837. The van der Waals surface area contributed by atoms with E-state index in [1.54, 1.807) is 25.7 Å². The molecule has 0 aliphatic rings. The summed E-state index contributed by atoms with van der Waals surface area (Å²) in [5.74, 6) is -0.774. The van der Waals surface area contributed by atoms with Gasteiger partial charge in [0.15, 0.2) is 0 Å². The number of hydrogen-bond acceptors (Lipinski definition) is 4. The highest BCUT2D eigenvalue weighted by Crippen LogP contribution is 2.32. The van der Waals surface area contributed by atoms with E-state index in [-0.39, 0.29) is 17.7 Å². The zero-order chi connectivity index (χ0) is 26.3. The van der Waals surface area contributed by atoms with Gasteiger partial charge in [0, 0.05) is 12.1 Å². The average Bonchev–Trinajstić information content (AvgIpc) is 2.68. The summed E-state index contributed by atoms with van der Waals surface area (Å²) in [7, 11) is 0. The number of hydrogen-bond donors (Lipinski definition) is 2. The van der Waals surface area contributed by atoms with Gasteiger partial charge in [-0.25, -0.2) is 4.79 Å². The molecule has 0 fully saturated rings. The van der Waals surface area contributed by atoms with Crippen LogP contribution < -0.4 is 10.6 Å². The van der Waals surface area contributed by atoms with Crippen molar-refractivity contribution in [1.29, 1.82) is 0 Å². The largest absolute Gasteiger partial charge is 0.444 e. The van der Waals surface area contributed by atoms with Crippen LogP contribution in [0.1, 0.15) is 92.3 Å². The minimum Gasteiger partial charge on any atom is -0.444 e. The fraction of sp³-hybridized carbons (Fsp3) is 0.667. The Balaban J connectivity index is 3.51. The Morgan fingerprint density at radius 3 is 2.09 bits per heavy atom. The van der Waals surface area contributed by atoms with Crippen LogP contribution in [0.4, 0.5) is 4.79 Å². The number of rotatable bonds is 9. The van der Waals surface area contributed by atoms with Crippen molar-refractivity contribution < 1.29 is 19.1 Å². The molecule has 0 aliphatic carbocycles. The van der Waals surface area contributed by atoms with Gasteiger partial charge in [-0.05, 0) is 71.9 Å². The lowest BCUT2D eigenvalue weighted by molar-refractivity contribution is -0.149. The van der Waals surface area contributed by atoms with E-state index in [9.17, 15) is 14.4 Å². The monoisotopic (exact) mass is 475 g/mol. The SMILES string of the molecule is CCCCNC(=O)C(c1ccccc1C)N(C(=O)C(NC(=O)OC(C)(C)C)C(C)C)C(C)(C)C. The minimum absolute atomic E-state index is 0.217. The van der Waals surface area contributed by atoms with Gasteiger partial charge in [-0.2, -0.15) is 0 Å². The van der Waals surface area contributed by atoms with Crippen LogP contribution in [0.5, 0.6) is 0 Å². The Hall–Kier alpha value is -2.57. The molecule has 0 aromatic heterocycles. The summed E-state index contributed by atoms with van der Waals surface area (Å²) in [6.45, 7) is 19.3. The third kappa shape index (κ3) is 8.65. The van der Waals surface area contributed by atoms with Gasteiger partial charge in [-0.1, -0.05) is 51.5 Å². The van der Waals surface area contributed by atoms with Crippen molar-refractivity contribution in [2.45, 2.75) is 105 Å². The van der Waals surface area contributed by atoms with Crippen molar-refractivity contribution in [3.8, 4) is 0 Å². The van der Waals surface area contributed by atoms with Crippen LogP contribution in [0.25, 0.3) is 0 Å².